The average molecular weight is 950 g/mol. The third kappa shape index (κ3) is 10.3. The largest absolute Gasteiger partial charge is 0.355 e. The van der Waals surface area contributed by atoms with Crippen molar-refractivity contribution in [3.8, 4) is 22.3 Å². The van der Waals surface area contributed by atoms with Crippen LogP contribution in [0.1, 0.15) is 98.9 Å². The zero-order chi connectivity index (χ0) is 50.6. The molecule has 3 N–H and O–H groups in total. The molecule has 11 rings (SSSR count). The fraction of sp³-hybridized carbons (Fsp3) is 0.171. The Morgan fingerprint density at radius 2 is 0.959 bits per heavy atom. The third-order valence-corrected chi connectivity index (χ3v) is 15.1. The van der Waals surface area contributed by atoms with Crippen molar-refractivity contribution in [3.05, 3.63) is 281 Å². The summed E-state index contributed by atoms with van der Waals surface area (Å²) in [5.41, 5.74) is 23.2. The molecule has 0 saturated heterocycles. The quantitative estimate of drug-likeness (QED) is 0.114. The van der Waals surface area contributed by atoms with E-state index in [-0.39, 0.29) is 16.2 Å². The van der Waals surface area contributed by atoms with Crippen LogP contribution in [0.4, 0.5) is 34.1 Å². The lowest BCUT2D eigenvalue weighted by Gasteiger charge is -2.29. The summed E-state index contributed by atoms with van der Waals surface area (Å²) in [6, 6.07) is 78.6. The molecule has 0 spiro atoms. The Hall–Kier alpha value is -8.14. The molecule has 9 aromatic rings. The SMILES string of the molecule is CC(C)(c1cccc(Nc2cc(C3=CCCC=C3)cc(-c3ccc4c(c3)C(C)(C)c3ccccc3-4)c2)c1)c1ccccc1Nc1ccccc1.Cc1ccc(C(C)(C)c2ccccc2Nc2ccccc2)cc1. The summed E-state index contributed by atoms with van der Waals surface area (Å²) in [7, 11) is 0. The Labute approximate surface area is 434 Å². The monoisotopic (exact) mass is 950 g/mol. The van der Waals surface area contributed by atoms with Gasteiger partial charge in [-0.1, -0.05) is 211 Å². The summed E-state index contributed by atoms with van der Waals surface area (Å²) in [5.74, 6) is 0. The topological polar surface area (TPSA) is 36.1 Å². The van der Waals surface area contributed by atoms with Gasteiger partial charge in [-0.15, -0.1) is 0 Å². The van der Waals surface area contributed by atoms with Gasteiger partial charge in [0.15, 0.2) is 0 Å². The first kappa shape index (κ1) is 48.5. The molecule has 0 bridgehead atoms. The summed E-state index contributed by atoms with van der Waals surface area (Å²) < 4.78 is 0. The molecule has 0 aromatic heterocycles. The van der Waals surface area contributed by atoms with Gasteiger partial charge in [0.2, 0.25) is 0 Å². The van der Waals surface area contributed by atoms with Crippen molar-refractivity contribution in [1.29, 1.82) is 0 Å². The molecule has 0 fully saturated rings. The molecule has 0 amide bonds. The number of allylic oxidation sites excluding steroid dienone is 4. The van der Waals surface area contributed by atoms with Crippen LogP contribution >= 0.6 is 0 Å². The van der Waals surface area contributed by atoms with E-state index < -0.39 is 0 Å². The van der Waals surface area contributed by atoms with Gasteiger partial charge in [-0.2, -0.15) is 0 Å². The Morgan fingerprint density at radius 3 is 1.60 bits per heavy atom. The van der Waals surface area contributed by atoms with E-state index in [1.807, 2.05) is 12.1 Å². The molecule has 2 aliphatic rings. The Kier molecular flexibility index (Phi) is 13.6. The predicted octanol–water partition coefficient (Wildman–Crippen LogP) is 19.3. The number of benzene rings is 9. The van der Waals surface area contributed by atoms with Crippen molar-refractivity contribution in [1.82, 2.24) is 0 Å². The van der Waals surface area contributed by atoms with Crippen LogP contribution in [0.2, 0.25) is 0 Å². The second kappa shape index (κ2) is 20.5. The van der Waals surface area contributed by atoms with Crippen molar-refractivity contribution >= 4 is 39.7 Å². The number of anilines is 6. The van der Waals surface area contributed by atoms with Gasteiger partial charge in [-0.3, -0.25) is 0 Å². The molecule has 2 aliphatic carbocycles. The van der Waals surface area contributed by atoms with Crippen LogP contribution in [0.25, 0.3) is 27.8 Å². The highest BCUT2D eigenvalue weighted by Crippen LogP contribution is 2.50. The molecule has 9 aromatic carbocycles. The van der Waals surface area contributed by atoms with Crippen molar-refractivity contribution in [3.63, 3.8) is 0 Å². The first-order chi connectivity index (χ1) is 35.3. The highest BCUT2D eigenvalue weighted by Gasteiger charge is 2.35. The van der Waals surface area contributed by atoms with Crippen LogP contribution in [0.3, 0.4) is 0 Å². The molecule has 0 radical (unpaired) electrons. The molecular weight excluding hydrogens is 883 g/mol. The molecule has 3 nitrogen and oxygen atoms in total. The Balaban J connectivity index is 0.000000222. The molecule has 0 heterocycles. The van der Waals surface area contributed by atoms with Crippen LogP contribution in [-0.2, 0) is 16.2 Å². The van der Waals surface area contributed by atoms with Gasteiger partial charge < -0.3 is 16.0 Å². The summed E-state index contributed by atoms with van der Waals surface area (Å²) in [6.07, 6.45) is 9.11. The van der Waals surface area contributed by atoms with Crippen LogP contribution in [0.5, 0.6) is 0 Å². The summed E-state index contributed by atoms with van der Waals surface area (Å²) in [6.45, 7) is 16.0. The molecule has 0 atom stereocenters. The number of fused-ring (bicyclic) bond motifs is 3. The summed E-state index contributed by atoms with van der Waals surface area (Å²) in [5, 5.41) is 11.0. The molecule has 362 valence electrons. The average Bonchev–Trinajstić information content (AvgIpc) is 3.65. The lowest BCUT2D eigenvalue weighted by Crippen LogP contribution is -2.20. The second-order valence-corrected chi connectivity index (χ2v) is 21.3. The Morgan fingerprint density at radius 1 is 0.397 bits per heavy atom. The summed E-state index contributed by atoms with van der Waals surface area (Å²) >= 11 is 0. The van der Waals surface area contributed by atoms with Crippen molar-refractivity contribution < 1.29 is 0 Å². The van der Waals surface area contributed by atoms with Gasteiger partial charge in [-0.05, 0) is 159 Å². The third-order valence-electron chi connectivity index (χ3n) is 15.1. The number of nitrogens with one attached hydrogen (secondary N) is 3. The highest BCUT2D eigenvalue weighted by atomic mass is 14.9. The number of aryl methyl sites for hydroxylation is 1. The normalized spacial score (nSPS) is 13.4. The standard InChI is InChI=1S/C48H44N2.C22H23N/c1-47(2,44-24-13-14-25-46(44)50-38-19-9-6-10-20-38)37-18-15-21-39(32-37)49-40-29-35(33-16-7-5-8-17-33)28-36(30-40)34-26-27-42-41-22-11-12-23-43(41)48(3,4)45(42)31-34;1-17-13-15-18(16-14-17)22(2,3)20-11-7-8-12-21(20)23-19-9-5-4-6-10-19/h6-7,9-32,49-50H,5,8H2,1-4H3;4-16,23H,1-3H3. The van der Waals surface area contributed by atoms with Crippen molar-refractivity contribution in [2.45, 2.75) is 77.6 Å². The molecule has 0 aliphatic heterocycles. The maximum Gasteiger partial charge on any atom is 0.0425 e. The van der Waals surface area contributed by atoms with Crippen LogP contribution in [-0.4, -0.2) is 0 Å². The number of hydrogen-bond acceptors (Lipinski definition) is 3. The van der Waals surface area contributed by atoms with E-state index in [1.54, 1.807) is 0 Å². The fourth-order valence-corrected chi connectivity index (χ4v) is 10.8. The molecule has 3 heteroatoms. The molecule has 0 unspecified atom stereocenters. The first-order valence-corrected chi connectivity index (χ1v) is 25.9. The zero-order valence-electron chi connectivity index (χ0n) is 43.4. The van der Waals surface area contributed by atoms with E-state index >= 15 is 0 Å². The van der Waals surface area contributed by atoms with E-state index in [0.717, 1.165) is 47.0 Å². The minimum absolute atomic E-state index is 0.0439. The molecule has 73 heavy (non-hydrogen) atoms. The lowest BCUT2D eigenvalue weighted by atomic mass is 9.77. The number of hydrogen-bond donors (Lipinski definition) is 3. The van der Waals surface area contributed by atoms with Gasteiger partial charge in [0.05, 0.1) is 0 Å². The zero-order valence-corrected chi connectivity index (χ0v) is 43.4. The van der Waals surface area contributed by atoms with E-state index in [1.165, 1.54) is 72.3 Å². The van der Waals surface area contributed by atoms with Gasteiger partial charge in [-0.25, -0.2) is 0 Å². The van der Waals surface area contributed by atoms with Gasteiger partial charge in [0.1, 0.15) is 0 Å². The maximum absolute atomic E-state index is 3.83. The maximum atomic E-state index is 3.83. The Bertz CT molecular complexity index is 3450. The fourth-order valence-electron chi connectivity index (χ4n) is 10.8. The number of para-hydroxylation sites is 4. The van der Waals surface area contributed by atoms with Crippen molar-refractivity contribution in [2.24, 2.45) is 0 Å². The molecular formula is C70H67N3. The van der Waals surface area contributed by atoms with Gasteiger partial charge in [0, 0.05) is 50.4 Å². The highest BCUT2D eigenvalue weighted by molar-refractivity contribution is 5.87. The van der Waals surface area contributed by atoms with Crippen molar-refractivity contribution in [2.75, 3.05) is 16.0 Å². The van der Waals surface area contributed by atoms with E-state index in [0.29, 0.717) is 0 Å². The summed E-state index contributed by atoms with van der Waals surface area (Å²) in [4.78, 5) is 0. The number of rotatable bonds is 12. The minimum Gasteiger partial charge on any atom is -0.355 e. The predicted molar refractivity (Wildman–Crippen MR) is 313 cm³/mol. The van der Waals surface area contributed by atoms with Crippen LogP contribution < -0.4 is 16.0 Å². The smallest absolute Gasteiger partial charge is 0.0425 e. The van der Waals surface area contributed by atoms with E-state index in [4.69, 9.17) is 0 Å². The second-order valence-electron chi connectivity index (χ2n) is 21.3. The lowest BCUT2D eigenvalue weighted by molar-refractivity contribution is 0.643. The van der Waals surface area contributed by atoms with Crippen LogP contribution in [0.15, 0.2) is 237 Å². The van der Waals surface area contributed by atoms with E-state index in [9.17, 15) is 0 Å². The van der Waals surface area contributed by atoms with Crippen LogP contribution in [0, 0.1) is 6.92 Å². The van der Waals surface area contributed by atoms with Gasteiger partial charge in [0.25, 0.3) is 0 Å². The molecule has 0 saturated carbocycles. The van der Waals surface area contributed by atoms with E-state index in [2.05, 4.69) is 289 Å². The van der Waals surface area contributed by atoms with Gasteiger partial charge >= 0.3 is 0 Å². The first-order valence-electron chi connectivity index (χ1n) is 25.9. The minimum atomic E-state index is -0.241.